The van der Waals surface area contributed by atoms with Gasteiger partial charge in [0.15, 0.2) is 6.10 Å². The number of rotatable bonds is 5. The third-order valence-electron chi connectivity index (χ3n) is 7.00. The molecule has 0 aromatic heterocycles. The fraction of sp³-hybridized carbons (Fsp3) is 0.360. The summed E-state index contributed by atoms with van der Waals surface area (Å²) in [4.78, 5) is 52.1. The first kappa shape index (κ1) is 19.7. The van der Waals surface area contributed by atoms with Gasteiger partial charge in [-0.3, -0.25) is 19.3 Å². The number of carbonyl (C=O) groups is 4. The van der Waals surface area contributed by atoms with Crippen LogP contribution in [0.5, 0.6) is 0 Å². The molecular weight excluding hydrogens is 394 g/mol. The monoisotopic (exact) mass is 417 g/mol. The molecule has 0 unspecified atom stereocenters. The van der Waals surface area contributed by atoms with Crippen molar-refractivity contribution in [3.8, 4) is 0 Å². The molecule has 3 aliphatic rings. The van der Waals surface area contributed by atoms with E-state index in [0.29, 0.717) is 23.1 Å². The molecule has 2 bridgehead atoms. The fourth-order valence-electron chi connectivity index (χ4n) is 5.53. The number of ether oxygens (including phenoxy) is 1. The summed E-state index contributed by atoms with van der Waals surface area (Å²) < 4.78 is 5.32. The number of hydrogen-bond donors (Lipinski definition) is 0. The van der Waals surface area contributed by atoms with Crippen LogP contribution in [-0.2, 0) is 14.3 Å². The van der Waals surface area contributed by atoms with Crippen molar-refractivity contribution in [2.75, 3.05) is 4.90 Å². The largest absolute Gasteiger partial charge is 0.451 e. The molecule has 3 fully saturated rings. The Morgan fingerprint density at radius 3 is 2.03 bits per heavy atom. The number of carbonyl (C=O) groups excluding carboxylic acids is 4. The van der Waals surface area contributed by atoms with Crippen molar-refractivity contribution < 1.29 is 23.9 Å². The van der Waals surface area contributed by atoms with E-state index in [0.717, 1.165) is 19.3 Å². The van der Waals surface area contributed by atoms with Gasteiger partial charge in [0.2, 0.25) is 17.6 Å². The molecule has 2 amide bonds. The van der Waals surface area contributed by atoms with E-state index in [4.69, 9.17) is 4.74 Å². The van der Waals surface area contributed by atoms with Crippen molar-refractivity contribution in [3.63, 3.8) is 0 Å². The summed E-state index contributed by atoms with van der Waals surface area (Å²) in [5.74, 6) is -0.832. The lowest BCUT2D eigenvalue weighted by atomic mass is 9.81. The van der Waals surface area contributed by atoms with Crippen molar-refractivity contribution in [1.82, 2.24) is 0 Å². The van der Waals surface area contributed by atoms with E-state index in [1.165, 1.54) is 24.0 Å². The molecule has 1 aliphatic heterocycles. The van der Waals surface area contributed by atoms with Gasteiger partial charge in [0.05, 0.1) is 23.1 Å². The SMILES string of the molecule is C[C@@H](OC(=O)c1ccc(N2C(=O)[C@@H]3[C@H]4CC[C@@H](C4)[C@@H]3C2=O)cc1)C(=O)c1ccccc1. The first-order valence-corrected chi connectivity index (χ1v) is 10.7. The van der Waals surface area contributed by atoms with Crippen molar-refractivity contribution >= 4 is 29.3 Å². The average molecular weight is 417 g/mol. The summed E-state index contributed by atoms with van der Waals surface area (Å²) >= 11 is 0. The molecule has 158 valence electrons. The smallest absolute Gasteiger partial charge is 0.338 e. The Bertz CT molecular complexity index is 1030. The van der Waals surface area contributed by atoms with Crippen LogP contribution in [0.2, 0.25) is 0 Å². The summed E-state index contributed by atoms with van der Waals surface area (Å²) in [5, 5.41) is 0. The molecule has 31 heavy (non-hydrogen) atoms. The Hall–Kier alpha value is -3.28. The fourth-order valence-corrected chi connectivity index (χ4v) is 5.53. The maximum Gasteiger partial charge on any atom is 0.338 e. The number of nitrogens with zero attached hydrogens (tertiary/aromatic N) is 1. The van der Waals surface area contributed by atoms with Crippen LogP contribution in [0.4, 0.5) is 5.69 Å². The Balaban J connectivity index is 1.28. The zero-order chi connectivity index (χ0) is 21.7. The van der Waals surface area contributed by atoms with Gasteiger partial charge in [-0.2, -0.15) is 0 Å². The van der Waals surface area contributed by atoms with Crippen LogP contribution < -0.4 is 4.90 Å². The minimum atomic E-state index is -0.925. The van der Waals surface area contributed by atoms with Crippen LogP contribution in [0.1, 0.15) is 46.9 Å². The topological polar surface area (TPSA) is 80.8 Å². The van der Waals surface area contributed by atoms with Crippen molar-refractivity contribution in [1.29, 1.82) is 0 Å². The standard InChI is InChI=1S/C25H23NO5/c1-14(22(27)15-5-3-2-4-6-15)31-25(30)16-9-11-19(12-10-16)26-23(28)20-17-7-8-18(13-17)21(20)24(26)29/h2-6,9-12,14,17-18,20-21H,7-8,13H2,1H3/t14-,17+,18+,20-,21+/m1/s1. The van der Waals surface area contributed by atoms with E-state index < -0.39 is 12.1 Å². The van der Waals surface area contributed by atoms with E-state index >= 15 is 0 Å². The van der Waals surface area contributed by atoms with Gasteiger partial charge in [-0.15, -0.1) is 0 Å². The number of esters is 1. The predicted molar refractivity (Wildman–Crippen MR) is 112 cm³/mol. The zero-order valence-electron chi connectivity index (χ0n) is 17.2. The summed E-state index contributed by atoms with van der Waals surface area (Å²) in [7, 11) is 0. The van der Waals surface area contributed by atoms with Crippen molar-refractivity contribution in [2.45, 2.75) is 32.3 Å². The van der Waals surface area contributed by atoms with Crippen LogP contribution >= 0.6 is 0 Å². The highest BCUT2D eigenvalue weighted by Gasteiger charge is 2.61. The quantitative estimate of drug-likeness (QED) is 0.421. The van der Waals surface area contributed by atoms with Gasteiger partial charge in [0, 0.05) is 5.56 Å². The molecule has 0 spiro atoms. The number of hydrogen-bond acceptors (Lipinski definition) is 5. The molecule has 6 nitrogen and oxygen atoms in total. The van der Waals surface area contributed by atoms with Gasteiger partial charge >= 0.3 is 5.97 Å². The van der Waals surface area contributed by atoms with Crippen LogP contribution in [0, 0.1) is 23.7 Å². The first-order chi connectivity index (χ1) is 15.0. The molecule has 5 atom stereocenters. The highest BCUT2D eigenvalue weighted by molar-refractivity contribution is 6.22. The number of benzene rings is 2. The van der Waals surface area contributed by atoms with Crippen molar-refractivity contribution in [2.24, 2.45) is 23.7 Å². The number of imide groups is 1. The highest BCUT2D eigenvalue weighted by atomic mass is 16.5. The molecule has 1 saturated heterocycles. The second kappa shape index (κ2) is 7.45. The minimum Gasteiger partial charge on any atom is -0.451 e. The van der Waals surface area contributed by atoms with E-state index in [1.54, 1.807) is 36.4 Å². The molecule has 2 saturated carbocycles. The second-order valence-corrected chi connectivity index (χ2v) is 8.72. The maximum atomic E-state index is 12.9. The van der Waals surface area contributed by atoms with Crippen LogP contribution in [0.25, 0.3) is 0 Å². The third-order valence-corrected chi connectivity index (χ3v) is 7.00. The van der Waals surface area contributed by atoms with Crippen LogP contribution in [0.15, 0.2) is 54.6 Å². The van der Waals surface area contributed by atoms with Gasteiger partial charge in [-0.05, 0) is 62.3 Å². The highest BCUT2D eigenvalue weighted by Crippen LogP contribution is 2.56. The number of ketones is 1. The zero-order valence-corrected chi connectivity index (χ0v) is 17.2. The lowest BCUT2D eigenvalue weighted by Crippen LogP contribution is -2.32. The van der Waals surface area contributed by atoms with Gasteiger partial charge < -0.3 is 4.74 Å². The number of anilines is 1. The lowest BCUT2D eigenvalue weighted by molar-refractivity contribution is -0.123. The van der Waals surface area contributed by atoms with Crippen molar-refractivity contribution in [3.05, 3.63) is 65.7 Å². The molecule has 1 heterocycles. The minimum absolute atomic E-state index is 0.111. The number of fused-ring (bicyclic) bond motifs is 5. The summed E-state index contributed by atoms with van der Waals surface area (Å²) in [5.41, 5.74) is 1.22. The lowest BCUT2D eigenvalue weighted by Gasteiger charge is -2.19. The van der Waals surface area contributed by atoms with E-state index in [1.807, 2.05) is 6.07 Å². The summed E-state index contributed by atoms with van der Waals surface area (Å²) in [6, 6.07) is 14.9. The molecular formula is C25H23NO5. The van der Waals surface area contributed by atoms with E-state index in [-0.39, 0.29) is 35.0 Å². The second-order valence-electron chi connectivity index (χ2n) is 8.72. The predicted octanol–water partition coefficient (Wildman–Crippen LogP) is 3.65. The van der Waals surface area contributed by atoms with Crippen LogP contribution in [-0.4, -0.2) is 29.7 Å². The molecule has 0 radical (unpaired) electrons. The Morgan fingerprint density at radius 1 is 0.871 bits per heavy atom. The third kappa shape index (κ3) is 3.17. The van der Waals surface area contributed by atoms with E-state index in [2.05, 4.69) is 0 Å². The normalized spacial score (nSPS) is 27.3. The maximum absolute atomic E-state index is 12.9. The molecule has 2 aromatic carbocycles. The molecule has 6 heteroatoms. The Morgan fingerprint density at radius 2 is 1.45 bits per heavy atom. The van der Waals surface area contributed by atoms with E-state index in [9.17, 15) is 19.2 Å². The average Bonchev–Trinajstić information content (AvgIpc) is 3.47. The van der Waals surface area contributed by atoms with Gasteiger partial charge in [-0.25, -0.2) is 4.79 Å². The summed E-state index contributed by atoms with van der Waals surface area (Å²) in [6.07, 6.45) is 2.13. The molecule has 2 aliphatic carbocycles. The molecule has 5 rings (SSSR count). The molecule has 2 aromatic rings. The van der Waals surface area contributed by atoms with Gasteiger partial charge in [0.25, 0.3) is 0 Å². The van der Waals surface area contributed by atoms with Gasteiger partial charge in [0.1, 0.15) is 0 Å². The number of Topliss-reactive ketones (excluding diaryl/α,β-unsaturated/α-hetero) is 1. The summed E-state index contributed by atoms with van der Waals surface area (Å²) in [6.45, 7) is 1.54. The Labute approximate surface area is 180 Å². The van der Waals surface area contributed by atoms with Crippen LogP contribution in [0.3, 0.4) is 0 Å². The van der Waals surface area contributed by atoms with Gasteiger partial charge in [-0.1, -0.05) is 30.3 Å². The Kier molecular flexibility index (Phi) is 4.73. The molecule has 0 N–H and O–H groups in total. The number of amides is 2. The first-order valence-electron chi connectivity index (χ1n) is 10.7.